The van der Waals surface area contributed by atoms with Gasteiger partial charge in [0.15, 0.2) is 5.96 Å². The van der Waals surface area contributed by atoms with E-state index in [4.69, 9.17) is 0 Å². The first-order valence-corrected chi connectivity index (χ1v) is 6.56. The number of rotatable bonds is 4. The molecule has 1 rings (SSSR count). The summed E-state index contributed by atoms with van der Waals surface area (Å²) >= 11 is 0. The van der Waals surface area contributed by atoms with Crippen molar-refractivity contribution in [2.24, 2.45) is 4.99 Å². The first-order valence-electron chi connectivity index (χ1n) is 6.56. The summed E-state index contributed by atoms with van der Waals surface area (Å²) in [5, 5.41) is 6.64. The minimum atomic E-state index is 0. The largest absolute Gasteiger partial charge is 0.356 e. The number of nitrogens with one attached hydrogen (secondary N) is 2. The van der Waals surface area contributed by atoms with Crippen LogP contribution in [0.3, 0.4) is 0 Å². The zero-order valence-electron chi connectivity index (χ0n) is 12.5. The van der Waals surface area contributed by atoms with E-state index < -0.39 is 0 Å². The molecular formula is C15H26IN3. The van der Waals surface area contributed by atoms with E-state index in [-0.39, 0.29) is 24.0 Å². The Morgan fingerprint density at radius 1 is 1.16 bits per heavy atom. The molecule has 108 valence electrons. The van der Waals surface area contributed by atoms with Gasteiger partial charge in [0.2, 0.25) is 0 Å². The van der Waals surface area contributed by atoms with Crippen LogP contribution in [0.5, 0.6) is 0 Å². The molecule has 1 aromatic carbocycles. The number of aliphatic imine (C=N–C) groups is 1. The fourth-order valence-corrected chi connectivity index (χ4v) is 1.73. The van der Waals surface area contributed by atoms with Crippen LogP contribution in [-0.2, 0) is 0 Å². The molecule has 3 nitrogen and oxygen atoms in total. The summed E-state index contributed by atoms with van der Waals surface area (Å²) in [5.41, 5.74) is 2.66. The molecule has 0 aliphatic rings. The average Bonchev–Trinajstić information content (AvgIpc) is 2.34. The molecule has 0 fully saturated rings. The molecule has 2 N–H and O–H groups in total. The topological polar surface area (TPSA) is 36.4 Å². The van der Waals surface area contributed by atoms with Crippen LogP contribution in [0.25, 0.3) is 0 Å². The van der Waals surface area contributed by atoms with Crippen molar-refractivity contribution in [3.8, 4) is 0 Å². The van der Waals surface area contributed by atoms with Crippen molar-refractivity contribution in [1.29, 1.82) is 0 Å². The monoisotopic (exact) mass is 375 g/mol. The van der Waals surface area contributed by atoms with E-state index in [9.17, 15) is 0 Å². The molecule has 0 aliphatic carbocycles. The molecule has 4 heteroatoms. The van der Waals surface area contributed by atoms with E-state index in [0.29, 0.717) is 12.0 Å². The first kappa shape index (κ1) is 18.2. The van der Waals surface area contributed by atoms with Gasteiger partial charge in [0.25, 0.3) is 0 Å². The van der Waals surface area contributed by atoms with Gasteiger partial charge in [-0.25, -0.2) is 0 Å². The van der Waals surface area contributed by atoms with Crippen molar-refractivity contribution >= 4 is 29.9 Å². The minimum absolute atomic E-state index is 0. The number of hydrogen-bond acceptors (Lipinski definition) is 1. The number of nitrogens with zero attached hydrogens (tertiary/aromatic N) is 1. The van der Waals surface area contributed by atoms with Crippen LogP contribution in [0.1, 0.15) is 37.8 Å². The molecule has 1 atom stereocenters. The maximum absolute atomic E-state index is 4.20. The molecule has 0 amide bonds. The SMILES string of the molecule is CN=C(NCC(C)c1ccc(C)cc1)NC(C)C.I. The molecule has 0 aromatic heterocycles. The number of hydrogen-bond donors (Lipinski definition) is 2. The van der Waals surface area contributed by atoms with Gasteiger partial charge >= 0.3 is 0 Å². The van der Waals surface area contributed by atoms with Crippen molar-refractivity contribution in [1.82, 2.24) is 10.6 Å². The Hall–Kier alpha value is -0.780. The Kier molecular flexibility index (Phi) is 8.80. The Bertz CT molecular complexity index is 385. The van der Waals surface area contributed by atoms with E-state index >= 15 is 0 Å². The second kappa shape index (κ2) is 9.18. The highest BCUT2D eigenvalue weighted by molar-refractivity contribution is 14.0. The molecule has 0 spiro atoms. The lowest BCUT2D eigenvalue weighted by Gasteiger charge is -2.18. The maximum atomic E-state index is 4.20. The minimum Gasteiger partial charge on any atom is -0.356 e. The molecule has 0 bridgehead atoms. The molecule has 19 heavy (non-hydrogen) atoms. The van der Waals surface area contributed by atoms with Gasteiger partial charge < -0.3 is 10.6 Å². The fraction of sp³-hybridized carbons (Fsp3) is 0.533. The molecule has 1 unspecified atom stereocenters. The summed E-state index contributed by atoms with van der Waals surface area (Å²) < 4.78 is 0. The Morgan fingerprint density at radius 2 is 1.74 bits per heavy atom. The van der Waals surface area contributed by atoms with Gasteiger partial charge in [-0.2, -0.15) is 0 Å². The third kappa shape index (κ3) is 6.80. The summed E-state index contributed by atoms with van der Waals surface area (Å²) in [7, 11) is 1.80. The van der Waals surface area contributed by atoms with Crippen molar-refractivity contribution < 1.29 is 0 Å². The lowest BCUT2D eigenvalue weighted by molar-refractivity contribution is 0.666. The fourth-order valence-electron chi connectivity index (χ4n) is 1.73. The number of aryl methyl sites for hydroxylation is 1. The van der Waals surface area contributed by atoms with E-state index in [1.165, 1.54) is 11.1 Å². The maximum Gasteiger partial charge on any atom is 0.191 e. The van der Waals surface area contributed by atoms with Gasteiger partial charge in [-0.1, -0.05) is 36.8 Å². The van der Waals surface area contributed by atoms with Gasteiger partial charge in [-0.05, 0) is 32.3 Å². The van der Waals surface area contributed by atoms with Crippen LogP contribution in [0, 0.1) is 6.92 Å². The molecule has 0 heterocycles. The van der Waals surface area contributed by atoms with Crippen LogP contribution in [0.4, 0.5) is 0 Å². The lowest BCUT2D eigenvalue weighted by atomic mass is 10.0. The lowest BCUT2D eigenvalue weighted by Crippen LogP contribution is -2.42. The molecule has 0 saturated heterocycles. The molecule has 0 aliphatic heterocycles. The van der Waals surface area contributed by atoms with Crippen LogP contribution in [-0.4, -0.2) is 25.6 Å². The Morgan fingerprint density at radius 3 is 2.21 bits per heavy atom. The molecule has 0 saturated carbocycles. The highest BCUT2D eigenvalue weighted by Gasteiger charge is 2.06. The summed E-state index contributed by atoms with van der Waals surface area (Å²) in [6, 6.07) is 9.10. The van der Waals surface area contributed by atoms with Gasteiger partial charge in [-0.3, -0.25) is 4.99 Å². The molecule has 0 radical (unpaired) electrons. The van der Waals surface area contributed by atoms with Crippen molar-refractivity contribution in [3.05, 3.63) is 35.4 Å². The van der Waals surface area contributed by atoms with Crippen molar-refractivity contribution in [3.63, 3.8) is 0 Å². The zero-order chi connectivity index (χ0) is 13.5. The van der Waals surface area contributed by atoms with Gasteiger partial charge in [0, 0.05) is 19.6 Å². The summed E-state index contributed by atoms with van der Waals surface area (Å²) in [6.45, 7) is 9.43. The predicted molar refractivity (Wildman–Crippen MR) is 94.6 cm³/mol. The normalized spacial score (nSPS) is 12.8. The summed E-state index contributed by atoms with van der Waals surface area (Å²) in [4.78, 5) is 4.20. The van der Waals surface area contributed by atoms with E-state index in [2.05, 4.69) is 67.6 Å². The predicted octanol–water partition coefficient (Wildman–Crippen LogP) is 3.29. The smallest absolute Gasteiger partial charge is 0.191 e. The van der Waals surface area contributed by atoms with E-state index in [0.717, 1.165) is 12.5 Å². The van der Waals surface area contributed by atoms with Crippen molar-refractivity contribution in [2.75, 3.05) is 13.6 Å². The number of halogens is 1. The third-order valence-corrected chi connectivity index (χ3v) is 2.87. The van der Waals surface area contributed by atoms with Gasteiger partial charge in [-0.15, -0.1) is 24.0 Å². The number of benzene rings is 1. The highest BCUT2D eigenvalue weighted by atomic mass is 127. The van der Waals surface area contributed by atoms with Gasteiger partial charge in [0.1, 0.15) is 0 Å². The standard InChI is InChI=1S/C15H25N3.HI/c1-11(2)18-15(16-5)17-10-13(4)14-8-6-12(3)7-9-14;/h6-9,11,13H,10H2,1-5H3,(H2,16,17,18);1H. The first-order chi connectivity index (χ1) is 8.52. The van der Waals surface area contributed by atoms with E-state index in [1.54, 1.807) is 7.05 Å². The second-order valence-electron chi connectivity index (χ2n) is 5.06. The number of guanidine groups is 1. The summed E-state index contributed by atoms with van der Waals surface area (Å²) in [6.07, 6.45) is 0. The highest BCUT2D eigenvalue weighted by Crippen LogP contribution is 2.14. The average molecular weight is 375 g/mol. The third-order valence-electron chi connectivity index (χ3n) is 2.87. The van der Waals surface area contributed by atoms with Crippen LogP contribution >= 0.6 is 24.0 Å². The van der Waals surface area contributed by atoms with Crippen LogP contribution in [0.2, 0.25) is 0 Å². The quantitative estimate of drug-likeness (QED) is 0.481. The zero-order valence-corrected chi connectivity index (χ0v) is 14.9. The Balaban J connectivity index is 0.00000324. The molecule has 1 aromatic rings. The van der Waals surface area contributed by atoms with E-state index in [1.807, 2.05) is 0 Å². The summed E-state index contributed by atoms with van der Waals surface area (Å²) in [5.74, 6) is 1.33. The van der Waals surface area contributed by atoms with Crippen LogP contribution in [0.15, 0.2) is 29.3 Å². The Labute approximate surface area is 134 Å². The molecular weight excluding hydrogens is 349 g/mol. The second-order valence-corrected chi connectivity index (χ2v) is 5.06. The van der Waals surface area contributed by atoms with Gasteiger partial charge in [0.05, 0.1) is 0 Å². The van der Waals surface area contributed by atoms with Crippen LogP contribution < -0.4 is 10.6 Å². The van der Waals surface area contributed by atoms with Crippen molar-refractivity contribution in [2.45, 2.75) is 39.7 Å².